The van der Waals surface area contributed by atoms with E-state index in [1.165, 1.54) is 24.8 Å². The number of anilines is 2. The standard InChI is InChI=1S/C27H40N8O2/c1-19-24-25(26(31-27(28)30-24)29-9-3-4-20-5-6-20)35(32-19)18-22-8-7-21(16-23(22)37-2)17-34-12-10-33(11-13-34)14-15-36/h7-8,16,20,36H,3-6,9-15,17-18H2,1-2H3,(H3,28,29,30,31). The summed E-state index contributed by atoms with van der Waals surface area (Å²) < 4.78 is 7.77. The quantitative estimate of drug-likeness (QED) is 0.317. The summed E-state index contributed by atoms with van der Waals surface area (Å²) in [6, 6.07) is 6.46. The van der Waals surface area contributed by atoms with E-state index in [1.807, 2.05) is 11.6 Å². The van der Waals surface area contributed by atoms with Gasteiger partial charge in [0.25, 0.3) is 0 Å². The number of nitrogens with zero attached hydrogens (tertiary/aromatic N) is 6. The fourth-order valence-corrected chi connectivity index (χ4v) is 5.24. The number of aliphatic hydroxyl groups excluding tert-OH is 1. The molecule has 37 heavy (non-hydrogen) atoms. The van der Waals surface area contributed by atoms with Crippen molar-refractivity contribution in [3.63, 3.8) is 0 Å². The number of hydrogen-bond donors (Lipinski definition) is 3. The Bertz CT molecular complexity index is 1200. The van der Waals surface area contributed by atoms with Crippen LogP contribution in [0.2, 0.25) is 0 Å². The summed E-state index contributed by atoms with van der Waals surface area (Å²) in [6.07, 6.45) is 5.13. The van der Waals surface area contributed by atoms with Gasteiger partial charge in [0.05, 0.1) is 26.0 Å². The van der Waals surface area contributed by atoms with Crippen LogP contribution in [-0.2, 0) is 13.1 Å². The number of aliphatic hydroxyl groups is 1. The Kier molecular flexibility index (Phi) is 8.07. The van der Waals surface area contributed by atoms with Crippen LogP contribution in [0.5, 0.6) is 5.75 Å². The molecular weight excluding hydrogens is 468 g/mol. The van der Waals surface area contributed by atoms with E-state index in [4.69, 9.17) is 15.6 Å². The molecule has 3 heterocycles. The summed E-state index contributed by atoms with van der Waals surface area (Å²) in [4.78, 5) is 13.8. The van der Waals surface area contributed by atoms with Crippen LogP contribution >= 0.6 is 0 Å². The predicted molar refractivity (Wildman–Crippen MR) is 146 cm³/mol. The summed E-state index contributed by atoms with van der Waals surface area (Å²) in [5.41, 5.74) is 10.8. The van der Waals surface area contributed by atoms with Gasteiger partial charge in [0.15, 0.2) is 5.82 Å². The Morgan fingerprint density at radius 3 is 2.62 bits per heavy atom. The molecule has 0 unspecified atom stereocenters. The van der Waals surface area contributed by atoms with Crippen molar-refractivity contribution in [1.29, 1.82) is 0 Å². The van der Waals surface area contributed by atoms with Gasteiger partial charge in [0, 0.05) is 51.4 Å². The van der Waals surface area contributed by atoms with Gasteiger partial charge in [-0.25, -0.2) is 4.98 Å². The van der Waals surface area contributed by atoms with Crippen LogP contribution in [0.4, 0.5) is 11.8 Å². The monoisotopic (exact) mass is 508 g/mol. The van der Waals surface area contributed by atoms with Crippen LogP contribution in [-0.4, -0.2) is 87.6 Å². The van der Waals surface area contributed by atoms with Gasteiger partial charge in [0.2, 0.25) is 5.95 Å². The number of nitrogens with one attached hydrogen (secondary N) is 1. The number of aromatic nitrogens is 4. The van der Waals surface area contributed by atoms with E-state index in [1.54, 1.807) is 7.11 Å². The van der Waals surface area contributed by atoms with Crippen molar-refractivity contribution in [2.45, 2.75) is 45.7 Å². The SMILES string of the molecule is COc1cc(CN2CCN(CCO)CC2)ccc1Cn1nc(C)c2nc(N)nc(NCCCC3CC3)c21. The summed E-state index contributed by atoms with van der Waals surface area (Å²) in [5.74, 6) is 2.78. The van der Waals surface area contributed by atoms with Gasteiger partial charge in [-0.2, -0.15) is 10.1 Å². The fraction of sp³-hybridized carbons (Fsp3) is 0.593. The van der Waals surface area contributed by atoms with Crippen molar-refractivity contribution < 1.29 is 9.84 Å². The first kappa shape index (κ1) is 25.7. The number of β-amino-alcohol motifs (C(OH)–C–C–N with tert-alkyl or cyclic N) is 1. The lowest BCUT2D eigenvalue weighted by molar-refractivity contribution is 0.108. The average Bonchev–Trinajstić information content (AvgIpc) is 3.67. The number of ether oxygens (including phenoxy) is 1. The van der Waals surface area contributed by atoms with Gasteiger partial charge < -0.3 is 20.9 Å². The number of methoxy groups -OCH3 is 1. The van der Waals surface area contributed by atoms with E-state index in [9.17, 15) is 5.11 Å². The maximum absolute atomic E-state index is 9.17. The average molecular weight is 509 g/mol. The lowest BCUT2D eigenvalue weighted by Crippen LogP contribution is -2.46. The number of nitrogens with two attached hydrogens (primary N) is 1. The normalized spacial score (nSPS) is 16.9. The van der Waals surface area contributed by atoms with Crippen LogP contribution in [0.3, 0.4) is 0 Å². The van der Waals surface area contributed by atoms with Gasteiger partial charge >= 0.3 is 0 Å². The summed E-state index contributed by atoms with van der Waals surface area (Å²) in [7, 11) is 1.72. The Hall–Kier alpha value is -2.95. The highest BCUT2D eigenvalue weighted by atomic mass is 16.5. The van der Waals surface area contributed by atoms with E-state index >= 15 is 0 Å². The van der Waals surface area contributed by atoms with Crippen LogP contribution in [0, 0.1) is 12.8 Å². The van der Waals surface area contributed by atoms with Crippen molar-refractivity contribution in [3.8, 4) is 5.75 Å². The molecule has 10 nitrogen and oxygen atoms in total. The molecule has 5 rings (SSSR count). The largest absolute Gasteiger partial charge is 0.496 e. The molecule has 2 aromatic heterocycles. The molecule has 1 aromatic carbocycles. The molecule has 0 amide bonds. The van der Waals surface area contributed by atoms with Gasteiger partial charge in [-0.05, 0) is 37.3 Å². The molecule has 4 N–H and O–H groups in total. The minimum Gasteiger partial charge on any atom is -0.496 e. The smallest absolute Gasteiger partial charge is 0.222 e. The molecule has 1 saturated heterocycles. The first-order valence-electron chi connectivity index (χ1n) is 13.5. The Morgan fingerprint density at radius 1 is 1.11 bits per heavy atom. The van der Waals surface area contributed by atoms with E-state index in [2.05, 4.69) is 43.3 Å². The number of piperazine rings is 1. The zero-order chi connectivity index (χ0) is 25.8. The number of nitrogen functional groups attached to an aromatic ring is 1. The molecule has 200 valence electrons. The maximum Gasteiger partial charge on any atom is 0.222 e. The van der Waals surface area contributed by atoms with Crippen molar-refractivity contribution in [2.75, 3.05) is 64.0 Å². The summed E-state index contributed by atoms with van der Waals surface area (Å²) >= 11 is 0. The van der Waals surface area contributed by atoms with Crippen molar-refractivity contribution in [2.24, 2.45) is 5.92 Å². The minimum atomic E-state index is 0.223. The maximum atomic E-state index is 9.17. The molecule has 1 saturated carbocycles. The highest BCUT2D eigenvalue weighted by molar-refractivity contribution is 5.88. The van der Waals surface area contributed by atoms with Gasteiger partial charge in [-0.3, -0.25) is 14.5 Å². The number of aryl methyl sites for hydroxylation is 1. The van der Waals surface area contributed by atoms with Crippen LogP contribution in [0.1, 0.15) is 42.5 Å². The molecule has 1 aliphatic carbocycles. The highest BCUT2D eigenvalue weighted by Crippen LogP contribution is 2.33. The number of benzene rings is 1. The first-order valence-corrected chi connectivity index (χ1v) is 13.5. The molecule has 2 fully saturated rings. The minimum absolute atomic E-state index is 0.223. The Morgan fingerprint density at radius 2 is 1.89 bits per heavy atom. The molecule has 10 heteroatoms. The van der Waals surface area contributed by atoms with E-state index in [-0.39, 0.29) is 12.6 Å². The van der Waals surface area contributed by atoms with Crippen LogP contribution < -0.4 is 15.8 Å². The molecule has 0 atom stereocenters. The molecule has 0 bridgehead atoms. The van der Waals surface area contributed by atoms with Crippen LogP contribution in [0.25, 0.3) is 11.0 Å². The summed E-state index contributed by atoms with van der Waals surface area (Å²) in [5, 5.41) is 17.5. The highest BCUT2D eigenvalue weighted by Gasteiger charge is 2.21. The molecule has 3 aromatic rings. The third-order valence-corrected chi connectivity index (χ3v) is 7.51. The zero-order valence-corrected chi connectivity index (χ0v) is 22.1. The van der Waals surface area contributed by atoms with Gasteiger partial charge in [-0.1, -0.05) is 25.0 Å². The fourth-order valence-electron chi connectivity index (χ4n) is 5.24. The van der Waals surface area contributed by atoms with E-state index in [0.29, 0.717) is 6.54 Å². The molecule has 1 aliphatic heterocycles. The number of fused-ring (bicyclic) bond motifs is 1. The van der Waals surface area contributed by atoms with Crippen molar-refractivity contribution in [3.05, 3.63) is 35.0 Å². The second-order valence-corrected chi connectivity index (χ2v) is 10.4. The summed E-state index contributed by atoms with van der Waals surface area (Å²) in [6.45, 7) is 9.23. The second kappa shape index (κ2) is 11.6. The third-order valence-electron chi connectivity index (χ3n) is 7.51. The van der Waals surface area contributed by atoms with Crippen molar-refractivity contribution in [1.82, 2.24) is 29.5 Å². The lowest BCUT2D eigenvalue weighted by Gasteiger charge is -2.34. The van der Waals surface area contributed by atoms with E-state index in [0.717, 1.165) is 92.0 Å². The molecule has 0 radical (unpaired) electrons. The van der Waals surface area contributed by atoms with Gasteiger partial charge in [0.1, 0.15) is 16.8 Å². The topological polar surface area (TPSA) is 118 Å². The lowest BCUT2D eigenvalue weighted by atomic mass is 10.1. The molecule has 2 aliphatic rings. The number of rotatable bonds is 12. The molecule has 0 spiro atoms. The van der Waals surface area contributed by atoms with E-state index < -0.39 is 0 Å². The van der Waals surface area contributed by atoms with Crippen LogP contribution in [0.15, 0.2) is 18.2 Å². The molecular formula is C27H40N8O2. The third kappa shape index (κ3) is 6.31. The van der Waals surface area contributed by atoms with Crippen molar-refractivity contribution >= 4 is 22.8 Å². The Balaban J connectivity index is 1.31. The zero-order valence-electron chi connectivity index (χ0n) is 22.1. The second-order valence-electron chi connectivity index (χ2n) is 10.4. The number of hydrogen-bond acceptors (Lipinski definition) is 9. The van der Waals surface area contributed by atoms with Gasteiger partial charge in [-0.15, -0.1) is 0 Å². The predicted octanol–water partition coefficient (Wildman–Crippen LogP) is 2.49. The Labute approximate surface area is 218 Å². The first-order chi connectivity index (χ1) is 18.0.